The van der Waals surface area contributed by atoms with Gasteiger partial charge in [0.05, 0.1) is 0 Å². The molecule has 0 aliphatic heterocycles. The first-order chi connectivity index (χ1) is 11.0. The van der Waals surface area contributed by atoms with Gasteiger partial charge in [-0.25, -0.2) is 0 Å². The van der Waals surface area contributed by atoms with Crippen molar-refractivity contribution >= 4 is 9.05 Å². The predicted octanol–water partition coefficient (Wildman–Crippen LogP) is 3.11. The third-order valence-corrected chi connectivity index (χ3v) is 9.63. The Morgan fingerprint density at radius 2 is 1.08 bits per heavy atom. The Bertz CT molecular complexity index is 313. The van der Waals surface area contributed by atoms with Crippen LogP contribution in [0.25, 0.3) is 0 Å². The second-order valence-electron chi connectivity index (χ2n) is 6.33. The molecule has 2 N–H and O–H groups in total. The normalized spacial score (nSPS) is 19.1. The second kappa shape index (κ2) is 11.4. The third-order valence-electron chi connectivity index (χ3n) is 3.41. The van der Waals surface area contributed by atoms with Gasteiger partial charge < -0.3 is 0 Å². The molecule has 24 heavy (non-hydrogen) atoms. The zero-order valence-electron chi connectivity index (χ0n) is 16.4. The van der Waals surface area contributed by atoms with Crippen molar-refractivity contribution < 1.29 is 45.1 Å². The number of hydrogen-bond acceptors (Lipinski definition) is 7. The minimum absolute atomic E-state index is 0.206. The van der Waals surface area contributed by atoms with E-state index in [4.69, 9.17) is 19.6 Å². The molecular formula is C15H36O7SiTi. The van der Waals surface area contributed by atoms with E-state index in [9.17, 15) is 7.38 Å². The summed E-state index contributed by atoms with van der Waals surface area (Å²) in [6, 6.07) is 0. The summed E-state index contributed by atoms with van der Waals surface area (Å²) in [4.78, 5) is 0. The molecule has 0 heterocycles. The molecule has 0 aromatic heterocycles. The van der Waals surface area contributed by atoms with E-state index in [2.05, 4.69) is 0 Å². The first kappa shape index (κ1) is 24.7. The van der Waals surface area contributed by atoms with Crippen molar-refractivity contribution in [2.75, 3.05) is 0 Å². The zero-order valence-corrected chi connectivity index (χ0v) is 18.9. The molecule has 0 saturated heterocycles. The van der Waals surface area contributed by atoms with Gasteiger partial charge in [0.2, 0.25) is 0 Å². The molecule has 0 aromatic rings. The van der Waals surface area contributed by atoms with Crippen LogP contribution in [-0.2, 0) is 37.7 Å². The molecule has 0 radical (unpaired) electrons. The average molecular weight is 404 g/mol. The molecule has 0 spiro atoms. The van der Waals surface area contributed by atoms with Gasteiger partial charge in [-0.05, 0) is 0 Å². The average Bonchev–Trinajstić information content (AvgIpc) is 2.44. The van der Waals surface area contributed by atoms with E-state index < -0.39 is 27.2 Å². The molecular weight excluding hydrogens is 368 g/mol. The number of rotatable bonds is 13. The van der Waals surface area contributed by atoms with Crippen LogP contribution in [0.4, 0.5) is 0 Å². The monoisotopic (exact) mass is 404 g/mol. The van der Waals surface area contributed by atoms with E-state index >= 15 is 0 Å². The molecule has 0 fully saturated rings. The van der Waals surface area contributed by atoms with E-state index in [-0.39, 0.29) is 24.4 Å². The van der Waals surface area contributed by atoms with Gasteiger partial charge >= 0.3 is 153 Å². The third kappa shape index (κ3) is 9.96. The molecule has 0 rings (SSSR count). The van der Waals surface area contributed by atoms with E-state index in [1.807, 2.05) is 41.5 Å². The summed E-state index contributed by atoms with van der Waals surface area (Å²) in [5.74, 6) is 0. The van der Waals surface area contributed by atoms with Crippen molar-refractivity contribution in [3.63, 3.8) is 0 Å². The Balaban J connectivity index is 5.57. The number of hydrogen-bond donors (Lipinski definition) is 2. The second-order valence-corrected chi connectivity index (χ2v) is 11.3. The molecule has 0 aromatic carbocycles. The van der Waals surface area contributed by atoms with E-state index in [0.717, 1.165) is 0 Å². The van der Waals surface area contributed by atoms with Crippen molar-refractivity contribution in [1.82, 2.24) is 0 Å². The molecule has 7 nitrogen and oxygen atoms in total. The van der Waals surface area contributed by atoms with Gasteiger partial charge in [-0.2, -0.15) is 0 Å². The quantitative estimate of drug-likeness (QED) is 0.456. The fourth-order valence-corrected chi connectivity index (χ4v) is 7.69. The summed E-state index contributed by atoms with van der Waals surface area (Å²) in [6.07, 6.45) is 1.14. The molecule has 0 bridgehead atoms. The zero-order chi connectivity index (χ0) is 19.0. The van der Waals surface area contributed by atoms with Crippen molar-refractivity contribution in [2.45, 2.75) is 99.1 Å². The van der Waals surface area contributed by atoms with Gasteiger partial charge in [0.25, 0.3) is 0 Å². The van der Waals surface area contributed by atoms with Crippen LogP contribution in [0.5, 0.6) is 0 Å². The van der Waals surface area contributed by atoms with E-state index in [1.54, 1.807) is 13.8 Å². The summed E-state index contributed by atoms with van der Waals surface area (Å²) in [7, 11) is -3.79. The van der Waals surface area contributed by atoms with Crippen LogP contribution in [0.15, 0.2) is 0 Å². The van der Waals surface area contributed by atoms with E-state index in [0.29, 0.717) is 19.3 Å². The van der Waals surface area contributed by atoms with Crippen LogP contribution >= 0.6 is 0 Å². The van der Waals surface area contributed by atoms with Crippen LogP contribution in [-0.4, -0.2) is 40.8 Å². The van der Waals surface area contributed by atoms with Crippen molar-refractivity contribution in [3.8, 4) is 0 Å². The van der Waals surface area contributed by atoms with Crippen LogP contribution in [0, 0.1) is 0 Å². The van der Waals surface area contributed by atoms with Gasteiger partial charge in [0.1, 0.15) is 0 Å². The maximum absolute atomic E-state index is 10.3. The van der Waals surface area contributed by atoms with Crippen LogP contribution in [0.1, 0.15) is 74.7 Å². The molecule has 0 aliphatic carbocycles. The molecule has 0 saturated carbocycles. The SMILES string of the molecule is CCC(C)O[Si](OC(C)CC)(OC(C)CC)[O][Ti]([OH])([OH])[O]C(C)C. The Morgan fingerprint density at radius 1 is 0.750 bits per heavy atom. The molecule has 0 amide bonds. The van der Waals surface area contributed by atoms with Gasteiger partial charge in [-0.3, -0.25) is 0 Å². The van der Waals surface area contributed by atoms with E-state index in [1.165, 1.54) is 0 Å². The van der Waals surface area contributed by atoms with Gasteiger partial charge in [-0.15, -0.1) is 0 Å². The molecule has 0 aliphatic rings. The first-order valence-corrected chi connectivity index (χ1v) is 13.2. The Morgan fingerprint density at radius 3 is 1.33 bits per heavy atom. The minimum atomic E-state index is -5.01. The standard InChI is InChI=1S/C12H27O4Si.C3H7O.2H2O.Ti/c1-7-10(4)14-17(13,15-11(5)8-2)16-12(6)9-3;1-3(2)4;;;/h10-12H,7-9H2,1-6H3;3H,1-2H3;2*1H2;/q2*-1;;;+4/p-2. The summed E-state index contributed by atoms with van der Waals surface area (Å²) in [5.41, 5.74) is 0. The van der Waals surface area contributed by atoms with Crippen molar-refractivity contribution in [3.05, 3.63) is 0 Å². The van der Waals surface area contributed by atoms with Crippen LogP contribution in [0.2, 0.25) is 0 Å². The van der Waals surface area contributed by atoms with Gasteiger partial charge in [0, 0.05) is 0 Å². The van der Waals surface area contributed by atoms with Gasteiger partial charge in [0.15, 0.2) is 0 Å². The molecule has 146 valence electrons. The topological polar surface area (TPSA) is 86.6 Å². The first-order valence-electron chi connectivity index (χ1n) is 8.85. The van der Waals surface area contributed by atoms with Crippen molar-refractivity contribution in [1.29, 1.82) is 0 Å². The Labute approximate surface area is 153 Å². The van der Waals surface area contributed by atoms with Gasteiger partial charge in [-0.1, -0.05) is 0 Å². The summed E-state index contributed by atoms with van der Waals surface area (Å²) in [6.45, 7) is 14.9. The Kier molecular flexibility index (Phi) is 11.7. The fraction of sp³-hybridized carbons (Fsp3) is 1.00. The molecule has 3 unspecified atom stereocenters. The predicted molar refractivity (Wildman–Crippen MR) is 90.0 cm³/mol. The maximum atomic E-state index is 10.3. The Hall–Kier alpha value is 0.651. The van der Waals surface area contributed by atoms with Crippen LogP contribution in [0.3, 0.4) is 0 Å². The fourth-order valence-electron chi connectivity index (χ4n) is 1.64. The summed E-state index contributed by atoms with van der Waals surface area (Å²) < 4.78 is 49.3. The van der Waals surface area contributed by atoms with Crippen molar-refractivity contribution in [2.24, 2.45) is 0 Å². The molecule has 3 atom stereocenters. The summed E-state index contributed by atoms with van der Waals surface area (Å²) in [5, 5.41) is 0. The molecule has 9 heteroatoms. The van der Waals surface area contributed by atoms with Crippen LogP contribution < -0.4 is 0 Å². The summed E-state index contributed by atoms with van der Waals surface area (Å²) >= 11 is -5.01.